The van der Waals surface area contributed by atoms with E-state index in [1.54, 1.807) is 6.92 Å². The average molecular weight is 422 g/mol. The molecule has 3 rings (SSSR count). The van der Waals surface area contributed by atoms with E-state index in [0.29, 0.717) is 5.56 Å². The van der Waals surface area contributed by atoms with Crippen molar-refractivity contribution in [3.05, 3.63) is 104 Å². The van der Waals surface area contributed by atoms with Crippen molar-refractivity contribution in [2.75, 3.05) is 0 Å². The maximum Gasteiger partial charge on any atom is 0.350 e. The number of nitro groups is 2. The fraction of sp³-hybridized carbons (Fsp3) is 0.0476. The molecule has 0 radical (unpaired) electrons. The van der Waals surface area contributed by atoms with Gasteiger partial charge in [-0.2, -0.15) is 0 Å². The summed E-state index contributed by atoms with van der Waals surface area (Å²) in [6.45, 7) is 1.67. The quantitative estimate of drug-likeness (QED) is 0.249. The van der Waals surface area contributed by atoms with Crippen LogP contribution >= 0.6 is 0 Å². The number of hydrogen-bond acceptors (Lipinski definition) is 8. The molecule has 0 aliphatic carbocycles. The summed E-state index contributed by atoms with van der Waals surface area (Å²) >= 11 is 0. The molecule has 0 aromatic heterocycles. The van der Waals surface area contributed by atoms with Gasteiger partial charge in [0.05, 0.1) is 15.4 Å². The number of aryl methyl sites for hydroxylation is 1. The zero-order chi connectivity index (χ0) is 22.5. The van der Waals surface area contributed by atoms with E-state index in [0.717, 1.165) is 0 Å². The van der Waals surface area contributed by atoms with E-state index in [9.17, 15) is 29.8 Å². The van der Waals surface area contributed by atoms with E-state index in [1.807, 2.05) is 0 Å². The Hall–Kier alpha value is -4.60. The number of para-hydroxylation sites is 1. The molecule has 0 aliphatic rings. The monoisotopic (exact) mass is 422 g/mol. The number of rotatable bonds is 6. The Balaban J connectivity index is 1.79. The van der Waals surface area contributed by atoms with Crippen molar-refractivity contribution in [3.8, 4) is 11.5 Å². The molecule has 3 aromatic carbocycles. The minimum atomic E-state index is -0.939. The largest absolute Gasteiger partial charge is 0.423 e. The molecular formula is C21H14N2O8. The van der Waals surface area contributed by atoms with E-state index < -0.39 is 27.5 Å². The number of non-ortho nitro benzene ring substituents is 1. The number of benzene rings is 3. The molecule has 156 valence electrons. The lowest BCUT2D eigenvalue weighted by atomic mass is 10.2. The Labute approximate surface area is 174 Å². The maximum atomic E-state index is 12.4. The van der Waals surface area contributed by atoms with Gasteiger partial charge in [0, 0.05) is 24.3 Å². The summed E-state index contributed by atoms with van der Waals surface area (Å²) in [5, 5.41) is 21.8. The summed E-state index contributed by atoms with van der Waals surface area (Å²) < 4.78 is 10.5. The van der Waals surface area contributed by atoms with Crippen molar-refractivity contribution in [2.45, 2.75) is 6.92 Å². The number of nitro benzene ring substituents is 2. The van der Waals surface area contributed by atoms with Crippen LogP contribution in [0.3, 0.4) is 0 Å². The van der Waals surface area contributed by atoms with Gasteiger partial charge in [0.25, 0.3) is 11.4 Å². The normalized spacial score (nSPS) is 10.2. The molecule has 0 N–H and O–H groups in total. The molecule has 0 amide bonds. The van der Waals surface area contributed by atoms with Gasteiger partial charge in [0.2, 0.25) is 0 Å². The third kappa shape index (κ3) is 5.07. The van der Waals surface area contributed by atoms with Gasteiger partial charge in [-0.3, -0.25) is 20.2 Å². The van der Waals surface area contributed by atoms with Crippen LogP contribution in [0.4, 0.5) is 11.4 Å². The molecule has 0 atom stereocenters. The van der Waals surface area contributed by atoms with Crippen LogP contribution < -0.4 is 9.47 Å². The molecule has 0 fully saturated rings. The molecule has 31 heavy (non-hydrogen) atoms. The molecule has 0 aliphatic heterocycles. The smallest absolute Gasteiger partial charge is 0.350 e. The van der Waals surface area contributed by atoms with Crippen molar-refractivity contribution in [1.82, 2.24) is 0 Å². The Morgan fingerprint density at radius 2 is 1.35 bits per heavy atom. The fourth-order valence-corrected chi connectivity index (χ4v) is 2.68. The standard InChI is InChI=1S/C21H14N2O8/c1-13-10-16(30-20(24)14-6-8-15(9-7-14)22(26)27)12-17(11-13)31-21(25)18-4-2-3-5-19(18)23(28)29/h2-12H,1H3. The third-order valence-corrected chi connectivity index (χ3v) is 4.08. The first-order chi connectivity index (χ1) is 14.7. The van der Waals surface area contributed by atoms with E-state index in [1.165, 1.54) is 66.7 Å². The Kier molecular flexibility index (Phi) is 6.01. The highest BCUT2D eigenvalue weighted by atomic mass is 16.6. The van der Waals surface area contributed by atoms with Crippen LogP contribution in [0.2, 0.25) is 0 Å². The summed E-state index contributed by atoms with van der Waals surface area (Å²) in [7, 11) is 0. The lowest BCUT2D eigenvalue weighted by molar-refractivity contribution is -0.385. The lowest BCUT2D eigenvalue weighted by Gasteiger charge is -2.09. The summed E-state index contributed by atoms with van der Waals surface area (Å²) in [4.78, 5) is 45.2. The van der Waals surface area contributed by atoms with Crippen molar-refractivity contribution < 1.29 is 28.9 Å². The SMILES string of the molecule is Cc1cc(OC(=O)c2ccc([N+](=O)[O-])cc2)cc(OC(=O)c2ccccc2[N+](=O)[O-])c1. The molecule has 0 saturated heterocycles. The molecule has 0 saturated carbocycles. The second-order valence-electron chi connectivity index (χ2n) is 6.34. The van der Waals surface area contributed by atoms with Gasteiger partial charge in [0.15, 0.2) is 0 Å². The number of carbonyl (C=O) groups is 2. The van der Waals surface area contributed by atoms with Gasteiger partial charge in [-0.05, 0) is 42.8 Å². The molecule has 0 heterocycles. The minimum Gasteiger partial charge on any atom is -0.423 e. The maximum absolute atomic E-state index is 12.4. The van der Waals surface area contributed by atoms with E-state index in [-0.39, 0.29) is 28.3 Å². The highest BCUT2D eigenvalue weighted by Gasteiger charge is 2.21. The number of esters is 2. The highest BCUT2D eigenvalue weighted by molar-refractivity contribution is 5.95. The first kappa shape index (κ1) is 21.1. The van der Waals surface area contributed by atoms with Crippen LogP contribution in [0.5, 0.6) is 11.5 Å². The van der Waals surface area contributed by atoms with Gasteiger partial charge in [-0.1, -0.05) is 12.1 Å². The summed E-state index contributed by atoms with van der Waals surface area (Å²) in [5.74, 6) is -1.62. The first-order valence-electron chi connectivity index (χ1n) is 8.78. The predicted molar refractivity (Wildman–Crippen MR) is 107 cm³/mol. The topological polar surface area (TPSA) is 139 Å². The van der Waals surface area contributed by atoms with Gasteiger partial charge in [-0.25, -0.2) is 9.59 Å². The highest BCUT2D eigenvalue weighted by Crippen LogP contribution is 2.26. The van der Waals surface area contributed by atoms with E-state index in [2.05, 4.69) is 0 Å². The Bertz CT molecular complexity index is 1190. The Morgan fingerprint density at radius 1 is 0.774 bits per heavy atom. The predicted octanol–water partition coefficient (Wildman–Crippen LogP) is 4.25. The second kappa shape index (κ2) is 8.82. The fourth-order valence-electron chi connectivity index (χ4n) is 2.68. The molecule has 3 aromatic rings. The van der Waals surface area contributed by atoms with Crippen molar-refractivity contribution in [2.24, 2.45) is 0 Å². The number of hydrogen-bond donors (Lipinski definition) is 0. The third-order valence-electron chi connectivity index (χ3n) is 4.08. The molecule has 0 spiro atoms. The molecule has 10 nitrogen and oxygen atoms in total. The summed E-state index contributed by atoms with van der Waals surface area (Å²) in [6.07, 6.45) is 0. The zero-order valence-electron chi connectivity index (χ0n) is 16.0. The van der Waals surface area contributed by atoms with Crippen LogP contribution in [0.25, 0.3) is 0 Å². The van der Waals surface area contributed by atoms with Crippen LogP contribution in [0.1, 0.15) is 26.3 Å². The Morgan fingerprint density at radius 3 is 1.94 bits per heavy atom. The van der Waals surface area contributed by atoms with E-state index >= 15 is 0 Å². The van der Waals surface area contributed by atoms with Crippen molar-refractivity contribution >= 4 is 23.3 Å². The molecule has 10 heteroatoms. The van der Waals surface area contributed by atoms with Crippen LogP contribution in [0, 0.1) is 27.2 Å². The second-order valence-corrected chi connectivity index (χ2v) is 6.34. The molecule has 0 unspecified atom stereocenters. The van der Waals surface area contributed by atoms with Gasteiger partial charge in [-0.15, -0.1) is 0 Å². The van der Waals surface area contributed by atoms with Crippen molar-refractivity contribution in [3.63, 3.8) is 0 Å². The van der Waals surface area contributed by atoms with Gasteiger partial charge in [0.1, 0.15) is 17.1 Å². The minimum absolute atomic E-state index is 0.0228. The summed E-state index contributed by atoms with van der Waals surface area (Å²) in [5.41, 5.74) is -0.107. The molecular weight excluding hydrogens is 408 g/mol. The first-order valence-corrected chi connectivity index (χ1v) is 8.78. The van der Waals surface area contributed by atoms with Crippen LogP contribution in [0.15, 0.2) is 66.7 Å². The van der Waals surface area contributed by atoms with Crippen LogP contribution in [-0.2, 0) is 0 Å². The van der Waals surface area contributed by atoms with Gasteiger partial charge >= 0.3 is 11.9 Å². The number of nitrogens with zero attached hydrogens (tertiary/aromatic N) is 2. The average Bonchev–Trinajstić information content (AvgIpc) is 2.73. The molecule has 0 bridgehead atoms. The number of ether oxygens (including phenoxy) is 2. The lowest BCUT2D eigenvalue weighted by Crippen LogP contribution is -2.12. The van der Waals surface area contributed by atoms with Crippen molar-refractivity contribution in [1.29, 1.82) is 0 Å². The zero-order valence-corrected chi connectivity index (χ0v) is 16.0. The summed E-state index contributed by atoms with van der Waals surface area (Å²) in [6, 6.07) is 14.5. The van der Waals surface area contributed by atoms with E-state index in [4.69, 9.17) is 9.47 Å². The van der Waals surface area contributed by atoms with Crippen LogP contribution in [-0.4, -0.2) is 21.8 Å². The number of carbonyl (C=O) groups excluding carboxylic acids is 2. The van der Waals surface area contributed by atoms with Gasteiger partial charge < -0.3 is 9.47 Å².